The number of aliphatic carboxylic acids is 1. The molecule has 0 bridgehead atoms. The number of carboxylic acids is 1. The Morgan fingerprint density at radius 3 is 2.42 bits per heavy atom. The summed E-state index contributed by atoms with van der Waals surface area (Å²) in [6, 6.07) is 5.13. The van der Waals surface area contributed by atoms with Gasteiger partial charge in [0.1, 0.15) is 6.04 Å². The summed E-state index contributed by atoms with van der Waals surface area (Å²) in [7, 11) is 0. The third-order valence-corrected chi connectivity index (χ3v) is 3.17. The maximum atomic E-state index is 12.1. The highest BCUT2D eigenvalue weighted by atomic mass is 16.4. The Morgan fingerprint density at radius 1 is 1.26 bits per heavy atom. The van der Waals surface area contributed by atoms with Crippen LogP contribution in [-0.4, -0.2) is 29.4 Å². The first-order valence-electron chi connectivity index (χ1n) is 6.43. The number of carbonyl (C=O) groups is 2. The van der Waals surface area contributed by atoms with Gasteiger partial charge in [-0.15, -0.1) is 0 Å². The SMILES string of the molecule is Cc1ccc(C(C)C)cc1C(=O)CNC(C)C(=O)O. The Balaban J connectivity index is 2.81. The van der Waals surface area contributed by atoms with Gasteiger partial charge < -0.3 is 5.11 Å². The minimum atomic E-state index is -0.958. The van der Waals surface area contributed by atoms with E-state index in [4.69, 9.17) is 5.11 Å². The van der Waals surface area contributed by atoms with E-state index in [-0.39, 0.29) is 12.3 Å². The molecule has 0 amide bonds. The molecule has 4 heteroatoms. The van der Waals surface area contributed by atoms with Gasteiger partial charge in [-0.25, -0.2) is 0 Å². The van der Waals surface area contributed by atoms with Crippen molar-refractivity contribution in [1.29, 1.82) is 0 Å². The minimum absolute atomic E-state index is 0.0376. The zero-order valence-electron chi connectivity index (χ0n) is 11.9. The molecule has 1 aromatic carbocycles. The summed E-state index contributed by atoms with van der Waals surface area (Å²) in [6.07, 6.45) is 0. The third kappa shape index (κ3) is 4.17. The van der Waals surface area contributed by atoms with Crippen LogP contribution < -0.4 is 5.32 Å². The van der Waals surface area contributed by atoms with E-state index in [0.29, 0.717) is 11.5 Å². The molecule has 0 saturated heterocycles. The second kappa shape index (κ2) is 6.48. The molecule has 0 aromatic heterocycles. The van der Waals surface area contributed by atoms with Crippen molar-refractivity contribution < 1.29 is 14.7 Å². The number of hydrogen-bond donors (Lipinski definition) is 2. The summed E-state index contributed by atoms with van der Waals surface area (Å²) in [4.78, 5) is 22.8. The molecule has 0 aliphatic heterocycles. The van der Waals surface area contributed by atoms with Crippen LogP contribution in [0.4, 0.5) is 0 Å². The number of hydrogen-bond acceptors (Lipinski definition) is 3. The van der Waals surface area contributed by atoms with Crippen molar-refractivity contribution in [1.82, 2.24) is 5.32 Å². The predicted molar refractivity (Wildman–Crippen MR) is 74.7 cm³/mol. The molecule has 0 fully saturated rings. The molecule has 0 spiro atoms. The van der Waals surface area contributed by atoms with E-state index >= 15 is 0 Å². The highest BCUT2D eigenvalue weighted by Crippen LogP contribution is 2.18. The Bertz CT molecular complexity index is 480. The molecule has 0 saturated carbocycles. The van der Waals surface area contributed by atoms with Crippen LogP contribution in [0.15, 0.2) is 18.2 Å². The Labute approximate surface area is 113 Å². The lowest BCUT2D eigenvalue weighted by Crippen LogP contribution is -2.37. The summed E-state index contributed by atoms with van der Waals surface area (Å²) in [5.41, 5.74) is 2.69. The lowest BCUT2D eigenvalue weighted by Gasteiger charge is -2.12. The lowest BCUT2D eigenvalue weighted by molar-refractivity contribution is -0.138. The van der Waals surface area contributed by atoms with E-state index < -0.39 is 12.0 Å². The number of carboxylic acid groups (broad SMARTS) is 1. The summed E-state index contributed by atoms with van der Waals surface area (Å²) in [5, 5.41) is 11.5. The molecule has 2 N–H and O–H groups in total. The monoisotopic (exact) mass is 263 g/mol. The fourth-order valence-corrected chi connectivity index (χ4v) is 1.73. The van der Waals surface area contributed by atoms with Crippen molar-refractivity contribution in [2.24, 2.45) is 0 Å². The van der Waals surface area contributed by atoms with Gasteiger partial charge in [-0.3, -0.25) is 14.9 Å². The molecule has 1 rings (SSSR count). The highest BCUT2D eigenvalue weighted by Gasteiger charge is 2.15. The average Bonchev–Trinajstić information content (AvgIpc) is 2.35. The third-order valence-electron chi connectivity index (χ3n) is 3.17. The van der Waals surface area contributed by atoms with Crippen molar-refractivity contribution >= 4 is 11.8 Å². The van der Waals surface area contributed by atoms with Gasteiger partial charge in [0, 0.05) is 5.56 Å². The second-order valence-electron chi connectivity index (χ2n) is 5.09. The average molecular weight is 263 g/mol. The number of ketones is 1. The predicted octanol–water partition coefficient (Wildman–Crippen LogP) is 2.36. The van der Waals surface area contributed by atoms with Crippen molar-refractivity contribution in [3.63, 3.8) is 0 Å². The Hall–Kier alpha value is -1.68. The number of rotatable bonds is 6. The number of Topliss-reactive ketones (excluding diaryl/α,β-unsaturated/α-hetero) is 1. The van der Waals surface area contributed by atoms with E-state index in [1.807, 2.05) is 25.1 Å². The Morgan fingerprint density at radius 2 is 1.89 bits per heavy atom. The first-order valence-corrected chi connectivity index (χ1v) is 6.43. The van der Waals surface area contributed by atoms with Gasteiger partial charge in [-0.05, 0) is 37.0 Å². The summed E-state index contributed by atoms with van der Waals surface area (Å²) in [5.74, 6) is -0.674. The zero-order valence-corrected chi connectivity index (χ0v) is 11.9. The van der Waals surface area contributed by atoms with Gasteiger partial charge in [-0.1, -0.05) is 26.0 Å². The van der Waals surface area contributed by atoms with Crippen LogP contribution in [0.25, 0.3) is 0 Å². The zero-order chi connectivity index (χ0) is 14.6. The van der Waals surface area contributed by atoms with Gasteiger partial charge in [0.2, 0.25) is 0 Å². The molecule has 1 unspecified atom stereocenters. The number of nitrogens with one attached hydrogen (secondary N) is 1. The number of carbonyl (C=O) groups excluding carboxylic acids is 1. The van der Waals surface area contributed by atoms with Crippen molar-refractivity contribution in [3.05, 3.63) is 34.9 Å². The molecule has 1 aromatic rings. The lowest BCUT2D eigenvalue weighted by atomic mass is 9.96. The molecule has 4 nitrogen and oxygen atoms in total. The smallest absolute Gasteiger partial charge is 0.320 e. The molecular weight excluding hydrogens is 242 g/mol. The van der Waals surface area contributed by atoms with Crippen molar-refractivity contribution in [3.8, 4) is 0 Å². The maximum Gasteiger partial charge on any atom is 0.320 e. The van der Waals surface area contributed by atoms with Crippen LogP contribution in [0, 0.1) is 6.92 Å². The fourth-order valence-electron chi connectivity index (χ4n) is 1.73. The largest absolute Gasteiger partial charge is 0.480 e. The van der Waals surface area contributed by atoms with Crippen LogP contribution in [0.5, 0.6) is 0 Å². The quantitative estimate of drug-likeness (QED) is 0.773. The first kappa shape index (κ1) is 15.4. The van der Waals surface area contributed by atoms with Crippen LogP contribution in [-0.2, 0) is 4.79 Å². The van der Waals surface area contributed by atoms with E-state index in [1.165, 1.54) is 6.92 Å². The van der Waals surface area contributed by atoms with E-state index in [2.05, 4.69) is 19.2 Å². The van der Waals surface area contributed by atoms with E-state index in [9.17, 15) is 9.59 Å². The number of aryl methyl sites for hydroxylation is 1. The topological polar surface area (TPSA) is 66.4 Å². The van der Waals surface area contributed by atoms with Gasteiger partial charge >= 0.3 is 5.97 Å². The van der Waals surface area contributed by atoms with Crippen molar-refractivity contribution in [2.45, 2.75) is 39.7 Å². The molecular formula is C15H21NO3. The van der Waals surface area contributed by atoms with Gasteiger partial charge in [-0.2, -0.15) is 0 Å². The van der Waals surface area contributed by atoms with Gasteiger partial charge in [0.15, 0.2) is 5.78 Å². The normalized spacial score (nSPS) is 12.5. The van der Waals surface area contributed by atoms with Crippen LogP contribution in [0.1, 0.15) is 48.2 Å². The van der Waals surface area contributed by atoms with Crippen molar-refractivity contribution in [2.75, 3.05) is 6.54 Å². The van der Waals surface area contributed by atoms with E-state index in [0.717, 1.165) is 11.1 Å². The molecule has 0 heterocycles. The number of benzene rings is 1. The molecule has 0 aliphatic rings. The highest BCUT2D eigenvalue weighted by molar-refractivity contribution is 5.99. The summed E-state index contributed by atoms with van der Waals surface area (Å²) < 4.78 is 0. The first-order chi connectivity index (χ1) is 8.82. The molecule has 0 radical (unpaired) electrons. The summed E-state index contributed by atoms with van der Waals surface area (Å²) in [6.45, 7) is 7.59. The van der Waals surface area contributed by atoms with Crippen LogP contribution >= 0.6 is 0 Å². The van der Waals surface area contributed by atoms with Gasteiger partial charge in [0.05, 0.1) is 6.54 Å². The summed E-state index contributed by atoms with van der Waals surface area (Å²) >= 11 is 0. The van der Waals surface area contributed by atoms with Crippen LogP contribution in [0.2, 0.25) is 0 Å². The van der Waals surface area contributed by atoms with Gasteiger partial charge in [0.25, 0.3) is 0 Å². The van der Waals surface area contributed by atoms with Crippen LogP contribution in [0.3, 0.4) is 0 Å². The minimum Gasteiger partial charge on any atom is -0.480 e. The molecule has 1 atom stereocenters. The molecule has 19 heavy (non-hydrogen) atoms. The molecule has 0 aliphatic carbocycles. The Kier molecular flexibility index (Phi) is 5.24. The maximum absolute atomic E-state index is 12.1. The second-order valence-corrected chi connectivity index (χ2v) is 5.09. The van der Waals surface area contributed by atoms with E-state index in [1.54, 1.807) is 0 Å². The standard InChI is InChI=1S/C15H21NO3/c1-9(2)12-6-5-10(3)13(7-12)14(17)8-16-11(4)15(18)19/h5-7,9,11,16H,8H2,1-4H3,(H,18,19). The molecule has 104 valence electrons. The fraction of sp³-hybridized carbons (Fsp3) is 0.467.